The van der Waals surface area contributed by atoms with Crippen LogP contribution in [0.1, 0.15) is 16.1 Å². The van der Waals surface area contributed by atoms with E-state index < -0.39 is 0 Å². The molecule has 2 aromatic heterocycles. The standard InChI is InChI=1S/C20H21ClFN5O2/c1-13-17-18(21)16(20(28)23-6-7-26-8-10-29-11-9-26)12-24-19(17)27(25-13)15-4-2-14(22)3-5-15/h2-5,12H,6-11H2,1H3,(H,23,28)/p+1. The van der Waals surface area contributed by atoms with E-state index in [1.54, 1.807) is 23.7 Å². The van der Waals surface area contributed by atoms with Gasteiger partial charge in [-0.2, -0.15) is 5.10 Å². The van der Waals surface area contributed by atoms with E-state index in [2.05, 4.69) is 15.4 Å². The number of pyridine rings is 1. The first kappa shape index (κ1) is 19.8. The highest BCUT2D eigenvalue weighted by Gasteiger charge is 2.20. The topological polar surface area (TPSA) is 73.5 Å². The molecule has 1 aliphatic heterocycles. The molecular formula is C20H22ClFN5O2+. The molecule has 1 fully saturated rings. The molecule has 152 valence electrons. The van der Waals surface area contributed by atoms with E-state index in [0.717, 1.165) is 32.8 Å². The van der Waals surface area contributed by atoms with Crippen molar-refractivity contribution in [1.29, 1.82) is 0 Å². The summed E-state index contributed by atoms with van der Waals surface area (Å²) in [6, 6.07) is 5.95. The summed E-state index contributed by atoms with van der Waals surface area (Å²) in [7, 11) is 0. The highest BCUT2D eigenvalue weighted by Crippen LogP contribution is 2.29. The molecule has 2 N–H and O–H groups in total. The third kappa shape index (κ3) is 4.10. The maximum Gasteiger partial charge on any atom is 0.254 e. The van der Waals surface area contributed by atoms with Crippen LogP contribution in [0.25, 0.3) is 16.7 Å². The van der Waals surface area contributed by atoms with E-state index in [4.69, 9.17) is 16.3 Å². The van der Waals surface area contributed by atoms with Gasteiger partial charge in [0.15, 0.2) is 5.65 Å². The van der Waals surface area contributed by atoms with Gasteiger partial charge in [0.25, 0.3) is 5.91 Å². The molecule has 0 atom stereocenters. The van der Waals surface area contributed by atoms with Crippen molar-refractivity contribution < 1.29 is 18.8 Å². The van der Waals surface area contributed by atoms with Gasteiger partial charge in [-0.25, -0.2) is 14.1 Å². The number of aryl methyl sites for hydroxylation is 1. The number of nitrogens with zero attached hydrogens (tertiary/aromatic N) is 3. The van der Waals surface area contributed by atoms with Crippen molar-refractivity contribution in [3.05, 3.63) is 52.6 Å². The molecule has 1 saturated heterocycles. The molecule has 0 unspecified atom stereocenters. The Morgan fingerprint density at radius 2 is 2.03 bits per heavy atom. The zero-order valence-electron chi connectivity index (χ0n) is 16.0. The van der Waals surface area contributed by atoms with Crippen LogP contribution in [0.5, 0.6) is 0 Å². The zero-order valence-corrected chi connectivity index (χ0v) is 16.8. The Balaban J connectivity index is 1.55. The van der Waals surface area contributed by atoms with Crippen molar-refractivity contribution in [3.63, 3.8) is 0 Å². The number of quaternary nitrogens is 1. The lowest BCUT2D eigenvalue weighted by Crippen LogP contribution is -3.14. The maximum absolute atomic E-state index is 13.2. The first-order valence-corrected chi connectivity index (χ1v) is 9.91. The summed E-state index contributed by atoms with van der Waals surface area (Å²) >= 11 is 6.56. The lowest BCUT2D eigenvalue weighted by molar-refractivity contribution is -0.906. The average Bonchev–Trinajstić information content (AvgIpc) is 3.07. The van der Waals surface area contributed by atoms with Gasteiger partial charge in [-0.05, 0) is 31.2 Å². The smallest absolute Gasteiger partial charge is 0.254 e. The van der Waals surface area contributed by atoms with Crippen LogP contribution in [0.3, 0.4) is 0 Å². The number of carbonyl (C=O) groups excluding carboxylic acids is 1. The first-order valence-electron chi connectivity index (χ1n) is 9.54. The van der Waals surface area contributed by atoms with Crippen LogP contribution in [0.4, 0.5) is 4.39 Å². The fraction of sp³-hybridized carbons (Fsp3) is 0.350. The zero-order chi connectivity index (χ0) is 20.4. The van der Waals surface area contributed by atoms with Gasteiger partial charge >= 0.3 is 0 Å². The van der Waals surface area contributed by atoms with Crippen LogP contribution in [-0.4, -0.2) is 60.1 Å². The molecule has 4 rings (SSSR count). The number of ether oxygens (including phenoxy) is 1. The Hall–Kier alpha value is -2.55. The van der Waals surface area contributed by atoms with Crippen molar-refractivity contribution in [3.8, 4) is 5.69 Å². The van der Waals surface area contributed by atoms with Gasteiger partial charge in [-0.1, -0.05) is 11.6 Å². The second-order valence-electron chi connectivity index (χ2n) is 7.03. The molecule has 0 radical (unpaired) electrons. The number of nitrogens with one attached hydrogen (secondary N) is 2. The van der Waals surface area contributed by atoms with E-state index >= 15 is 0 Å². The second kappa shape index (κ2) is 8.44. The van der Waals surface area contributed by atoms with Crippen LogP contribution in [0, 0.1) is 12.7 Å². The summed E-state index contributed by atoms with van der Waals surface area (Å²) in [5.74, 6) is -0.586. The minimum absolute atomic E-state index is 0.258. The molecule has 3 heterocycles. The number of carbonyl (C=O) groups is 1. The van der Waals surface area contributed by atoms with E-state index in [1.807, 2.05) is 0 Å². The van der Waals surface area contributed by atoms with Crippen LogP contribution in [-0.2, 0) is 4.74 Å². The molecule has 0 spiro atoms. The summed E-state index contributed by atoms with van der Waals surface area (Å²) in [6.07, 6.45) is 1.46. The quantitative estimate of drug-likeness (QED) is 0.652. The maximum atomic E-state index is 13.2. The number of morpholine rings is 1. The van der Waals surface area contributed by atoms with Crippen LogP contribution < -0.4 is 10.2 Å². The molecule has 7 nitrogen and oxygen atoms in total. The third-order valence-corrected chi connectivity index (χ3v) is 5.48. The predicted molar refractivity (Wildman–Crippen MR) is 107 cm³/mol. The Bertz CT molecular complexity index is 1030. The number of benzene rings is 1. The second-order valence-corrected chi connectivity index (χ2v) is 7.40. The third-order valence-electron chi connectivity index (χ3n) is 5.09. The van der Waals surface area contributed by atoms with Gasteiger partial charge in [-0.3, -0.25) is 4.79 Å². The van der Waals surface area contributed by atoms with Crippen LogP contribution >= 0.6 is 11.6 Å². The van der Waals surface area contributed by atoms with Gasteiger partial charge in [0.05, 0.1) is 53.7 Å². The van der Waals surface area contributed by atoms with Crippen LogP contribution in [0.2, 0.25) is 5.02 Å². The monoisotopic (exact) mass is 418 g/mol. The number of fused-ring (bicyclic) bond motifs is 1. The number of amides is 1. The van der Waals surface area contributed by atoms with E-state index in [1.165, 1.54) is 23.2 Å². The Morgan fingerprint density at radius 1 is 1.31 bits per heavy atom. The predicted octanol–water partition coefficient (Wildman–Crippen LogP) is 1.17. The Kier molecular flexibility index (Phi) is 5.75. The summed E-state index contributed by atoms with van der Waals surface area (Å²) in [4.78, 5) is 18.5. The molecule has 0 saturated carbocycles. The molecule has 1 aromatic carbocycles. The van der Waals surface area contributed by atoms with Crippen molar-refractivity contribution in [1.82, 2.24) is 20.1 Å². The Labute approximate surface area is 172 Å². The molecule has 3 aromatic rings. The molecule has 1 amide bonds. The molecule has 1 aliphatic rings. The lowest BCUT2D eigenvalue weighted by atomic mass is 10.2. The molecule has 0 aliphatic carbocycles. The summed E-state index contributed by atoms with van der Waals surface area (Å²) in [5.41, 5.74) is 2.15. The lowest BCUT2D eigenvalue weighted by Gasteiger charge is -2.23. The fourth-order valence-corrected chi connectivity index (χ4v) is 3.84. The minimum Gasteiger partial charge on any atom is -0.370 e. The van der Waals surface area contributed by atoms with Crippen LogP contribution in [0.15, 0.2) is 30.5 Å². The number of rotatable bonds is 5. The number of halogens is 2. The van der Waals surface area contributed by atoms with E-state index in [9.17, 15) is 9.18 Å². The van der Waals surface area contributed by atoms with Gasteiger partial charge in [0, 0.05) is 6.20 Å². The molecule has 0 bridgehead atoms. The highest BCUT2D eigenvalue weighted by molar-refractivity contribution is 6.38. The minimum atomic E-state index is -0.328. The molecular weight excluding hydrogens is 397 g/mol. The summed E-state index contributed by atoms with van der Waals surface area (Å²) in [6.45, 7) is 6.61. The SMILES string of the molecule is Cc1nn(-c2ccc(F)cc2)c2ncc(C(=O)NCC[NH+]3CCOCC3)c(Cl)c12. The Morgan fingerprint density at radius 3 is 2.76 bits per heavy atom. The molecule has 29 heavy (non-hydrogen) atoms. The van der Waals surface area contributed by atoms with Gasteiger partial charge < -0.3 is 15.0 Å². The number of hydrogen-bond acceptors (Lipinski definition) is 4. The van der Waals surface area contributed by atoms with Gasteiger partial charge in [-0.15, -0.1) is 0 Å². The number of aromatic nitrogens is 3. The fourth-order valence-electron chi connectivity index (χ4n) is 3.49. The number of hydrogen-bond donors (Lipinski definition) is 2. The highest BCUT2D eigenvalue weighted by atomic mass is 35.5. The van der Waals surface area contributed by atoms with Crippen molar-refractivity contribution in [2.24, 2.45) is 0 Å². The largest absolute Gasteiger partial charge is 0.370 e. The normalized spacial score (nSPS) is 15.0. The van der Waals surface area contributed by atoms with Crippen molar-refractivity contribution in [2.45, 2.75) is 6.92 Å². The van der Waals surface area contributed by atoms with Gasteiger partial charge in [0.2, 0.25) is 0 Å². The van der Waals surface area contributed by atoms with E-state index in [-0.39, 0.29) is 11.7 Å². The first-order chi connectivity index (χ1) is 14.0. The van der Waals surface area contributed by atoms with Crippen molar-refractivity contribution >= 4 is 28.5 Å². The summed E-state index contributed by atoms with van der Waals surface area (Å²) in [5, 5.41) is 8.33. The molecule has 9 heteroatoms. The summed E-state index contributed by atoms with van der Waals surface area (Å²) < 4.78 is 20.2. The van der Waals surface area contributed by atoms with Crippen molar-refractivity contribution in [2.75, 3.05) is 39.4 Å². The van der Waals surface area contributed by atoms with Gasteiger partial charge in [0.1, 0.15) is 18.9 Å². The van der Waals surface area contributed by atoms with E-state index in [0.29, 0.717) is 39.5 Å². The average molecular weight is 419 g/mol.